The van der Waals surface area contributed by atoms with E-state index in [4.69, 9.17) is 0 Å². The van der Waals surface area contributed by atoms with E-state index in [9.17, 15) is 5.11 Å². The van der Waals surface area contributed by atoms with Crippen LogP contribution in [-0.2, 0) is 6.42 Å². The van der Waals surface area contributed by atoms with Crippen molar-refractivity contribution in [3.8, 4) is 0 Å². The molecule has 1 atom stereocenters. The first kappa shape index (κ1) is 12.6. The van der Waals surface area contributed by atoms with E-state index in [0.717, 1.165) is 23.7 Å². The molecule has 3 nitrogen and oxygen atoms in total. The minimum atomic E-state index is -0.699. The van der Waals surface area contributed by atoms with Gasteiger partial charge >= 0.3 is 0 Å². The van der Waals surface area contributed by atoms with Crippen molar-refractivity contribution in [3.05, 3.63) is 16.1 Å². The maximum Gasteiger partial charge on any atom is 0.0897 e. The Labute approximate surface area is 95.6 Å². The molecule has 1 heterocycles. The number of thiazole rings is 1. The Morgan fingerprint density at radius 2 is 2.33 bits per heavy atom. The van der Waals surface area contributed by atoms with Crippen molar-refractivity contribution >= 4 is 11.3 Å². The highest BCUT2D eigenvalue weighted by molar-refractivity contribution is 7.09. The van der Waals surface area contributed by atoms with Crippen molar-refractivity contribution in [2.45, 2.75) is 39.2 Å². The van der Waals surface area contributed by atoms with Crippen LogP contribution in [0, 0.1) is 6.92 Å². The van der Waals surface area contributed by atoms with E-state index in [1.807, 2.05) is 19.2 Å². The summed E-state index contributed by atoms with van der Waals surface area (Å²) < 4.78 is 0. The minimum Gasteiger partial charge on any atom is -0.388 e. The van der Waals surface area contributed by atoms with Crippen LogP contribution in [0.4, 0.5) is 0 Å². The van der Waals surface area contributed by atoms with Gasteiger partial charge in [0.05, 0.1) is 16.3 Å². The summed E-state index contributed by atoms with van der Waals surface area (Å²) in [6.07, 6.45) is 1.71. The zero-order valence-corrected chi connectivity index (χ0v) is 10.5. The second kappa shape index (κ2) is 5.58. The van der Waals surface area contributed by atoms with Gasteiger partial charge in [0.2, 0.25) is 0 Å². The molecule has 1 unspecified atom stereocenters. The van der Waals surface area contributed by atoms with E-state index in [-0.39, 0.29) is 0 Å². The number of rotatable bonds is 6. The summed E-state index contributed by atoms with van der Waals surface area (Å²) in [5, 5.41) is 16.4. The fourth-order valence-corrected chi connectivity index (χ4v) is 2.09. The fraction of sp³-hybridized carbons (Fsp3) is 0.727. The van der Waals surface area contributed by atoms with Crippen LogP contribution < -0.4 is 5.32 Å². The number of hydrogen-bond donors (Lipinski definition) is 2. The monoisotopic (exact) mass is 228 g/mol. The van der Waals surface area contributed by atoms with Crippen LogP contribution in [0.15, 0.2) is 5.38 Å². The molecule has 0 bridgehead atoms. The molecule has 86 valence electrons. The summed E-state index contributed by atoms with van der Waals surface area (Å²) in [6.45, 7) is 7.53. The van der Waals surface area contributed by atoms with Crippen molar-refractivity contribution < 1.29 is 5.11 Å². The zero-order chi connectivity index (χ0) is 11.3. The second-order valence-corrected chi connectivity index (χ2v) is 5.27. The summed E-state index contributed by atoms with van der Waals surface area (Å²) in [4.78, 5) is 4.35. The molecule has 0 spiro atoms. The molecule has 15 heavy (non-hydrogen) atoms. The molecule has 1 aromatic heterocycles. The Bertz CT molecular complexity index is 297. The Morgan fingerprint density at radius 1 is 1.60 bits per heavy atom. The van der Waals surface area contributed by atoms with Gasteiger partial charge in [-0.1, -0.05) is 6.92 Å². The van der Waals surface area contributed by atoms with Crippen LogP contribution in [0.3, 0.4) is 0 Å². The Balaban J connectivity index is 2.41. The van der Waals surface area contributed by atoms with Crippen molar-refractivity contribution in [2.75, 3.05) is 13.1 Å². The lowest BCUT2D eigenvalue weighted by molar-refractivity contribution is 0.0595. The summed E-state index contributed by atoms with van der Waals surface area (Å²) in [5.74, 6) is 0. The Kier molecular flexibility index (Phi) is 4.70. The van der Waals surface area contributed by atoms with Crippen LogP contribution in [0.25, 0.3) is 0 Å². The molecule has 0 saturated heterocycles. The molecule has 2 N–H and O–H groups in total. The van der Waals surface area contributed by atoms with E-state index in [2.05, 4.69) is 17.2 Å². The molecule has 0 aromatic carbocycles. The zero-order valence-electron chi connectivity index (χ0n) is 9.71. The lowest BCUT2D eigenvalue weighted by atomic mass is 10.0. The highest BCUT2D eigenvalue weighted by Gasteiger charge is 2.21. The van der Waals surface area contributed by atoms with Gasteiger partial charge in [0, 0.05) is 18.3 Å². The highest BCUT2D eigenvalue weighted by Crippen LogP contribution is 2.15. The largest absolute Gasteiger partial charge is 0.388 e. The van der Waals surface area contributed by atoms with Crippen LogP contribution in [0.1, 0.15) is 31.0 Å². The third-order valence-corrected chi connectivity index (χ3v) is 2.98. The highest BCUT2D eigenvalue weighted by atomic mass is 32.1. The minimum absolute atomic E-state index is 0.619. The fourth-order valence-electron chi connectivity index (χ4n) is 1.48. The van der Waals surface area contributed by atoms with Crippen molar-refractivity contribution in [2.24, 2.45) is 0 Å². The molecule has 0 amide bonds. The molecule has 4 heteroatoms. The molecule has 0 fully saturated rings. The first-order valence-corrected chi connectivity index (χ1v) is 6.25. The molecule has 0 aliphatic carbocycles. The Hall–Kier alpha value is -0.450. The SMILES string of the molecule is CCCNCC(C)(O)Cc1csc(C)n1. The lowest BCUT2D eigenvalue weighted by Crippen LogP contribution is -2.40. The lowest BCUT2D eigenvalue weighted by Gasteiger charge is -2.22. The van der Waals surface area contributed by atoms with Crippen LogP contribution >= 0.6 is 11.3 Å². The van der Waals surface area contributed by atoms with E-state index >= 15 is 0 Å². The van der Waals surface area contributed by atoms with Gasteiger partial charge in [0.15, 0.2) is 0 Å². The molecule has 1 rings (SSSR count). The number of hydrogen-bond acceptors (Lipinski definition) is 4. The maximum atomic E-state index is 10.1. The van der Waals surface area contributed by atoms with Gasteiger partial charge in [-0.3, -0.25) is 0 Å². The molecule has 0 aliphatic heterocycles. The molecule has 0 saturated carbocycles. The van der Waals surface area contributed by atoms with E-state index in [1.54, 1.807) is 11.3 Å². The van der Waals surface area contributed by atoms with Crippen molar-refractivity contribution in [1.82, 2.24) is 10.3 Å². The van der Waals surface area contributed by atoms with E-state index < -0.39 is 5.60 Å². The third-order valence-electron chi connectivity index (χ3n) is 2.16. The van der Waals surface area contributed by atoms with Crippen molar-refractivity contribution in [1.29, 1.82) is 0 Å². The summed E-state index contributed by atoms with van der Waals surface area (Å²) in [5.41, 5.74) is 0.288. The second-order valence-electron chi connectivity index (χ2n) is 4.21. The van der Waals surface area contributed by atoms with Gasteiger partial charge in [-0.05, 0) is 26.8 Å². The quantitative estimate of drug-likeness (QED) is 0.729. The first-order chi connectivity index (χ1) is 7.03. The Morgan fingerprint density at radius 3 is 2.87 bits per heavy atom. The van der Waals surface area contributed by atoms with Crippen LogP contribution in [-0.4, -0.2) is 28.8 Å². The average molecular weight is 228 g/mol. The van der Waals surface area contributed by atoms with Gasteiger partial charge in [-0.15, -0.1) is 11.3 Å². The first-order valence-electron chi connectivity index (χ1n) is 5.37. The standard InChI is InChI=1S/C11H20N2OS/c1-4-5-12-8-11(3,14)6-10-7-15-9(2)13-10/h7,12,14H,4-6,8H2,1-3H3. The third kappa shape index (κ3) is 4.73. The van der Waals surface area contributed by atoms with Gasteiger partial charge in [-0.2, -0.15) is 0 Å². The summed E-state index contributed by atoms with van der Waals surface area (Å²) in [6, 6.07) is 0. The van der Waals surface area contributed by atoms with Crippen molar-refractivity contribution in [3.63, 3.8) is 0 Å². The normalized spacial score (nSPS) is 15.2. The number of aryl methyl sites for hydroxylation is 1. The summed E-state index contributed by atoms with van der Waals surface area (Å²) in [7, 11) is 0. The molecule has 0 aliphatic rings. The van der Waals surface area contributed by atoms with E-state index in [0.29, 0.717) is 13.0 Å². The summed E-state index contributed by atoms with van der Waals surface area (Å²) >= 11 is 1.63. The predicted octanol–water partition coefficient (Wildman–Crippen LogP) is 1.74. The molecular formula is C11H20N2OS. The average Bonchev–Trinajstić information content (AvgIpc) is 2.50. The smallest absolute Gasteiger partial charge is 0.0897 e. The number of nitrogens with one attached hydrogen (secondary N) is 1. The maximum absolute atomic E-state index is 10.1. The number of nitrogens with zero attached hydrogens (tertiary/aromatic N) is 1. The van der Waals surface area contributed by atoms with Gasteiger partial charge < -0.3 is 10.4 Å². The molecule has 0 radical (unpaired) electrons. The van der Waals surface area contributed by atoms with Gasteiger partial charge in [-0.25, -0.2) is 4.98 Å². The van der Waals surface area contributed by atoms with Gasteiger partial charge in [0.25, 0.3) is 0 Å². The predicted molar refractivity (Wildman–Crippen MR) is 64.3 cm³/mol. The molecular weight excluding hydrogens is 208 g/mol. The number of aromatic nitrogens is 1. The molecule has 1 aromatic rings. The van der Waals surface area contributed by atoms with Gasteiger partial charge in [0.1, 0.15) is 0 Å². The topological polar surface area (TPSA) is 45.1 Å². The number of aliphatic hydroxyl groups is 1. The van der Waals surface area contributed by atoms with Crippen LogP contribution in [0.2, 0.25) is 0 Å². The van der Waals surface area contributed by atoms with Crippen LogP contribution in [0.5, 0.6) is 0 Å². The van der Waals surface area contributed by atoms with E-state index in [1.165, 1.54) is 0 Å².